The summed E-state index contributed by atoms with van der Waals surface area (Å²) in [7, 11) is 0. The average Bonchev–Trinajstić information content (AvgIpc) is 2.63. The first-order valence-corrected chi connectivity index (χ1v) is 9.13. The third kappa shape index (κ3) is 4.26. The van der Waals surface area contributed by atoms with E-state index in [1.165, 1.54) is 36.0 Å². The standard InChI is InChI=1S/C20H13ClF3NO2S/c21-12-5-7-13(8-6-12)28-17-9-4-11(20(22,23)24)10-16(17)14-2-1-3-15(18(14)26)19(25)27/h1-10,26H,(H2,25,27). The zero-order valence-electron chi connectivity index (χ0n) is 14.1. The molecule has 0 aliphatic rings. The van der Waals surface area contributed by atoms with Gasteiger partial charge in [-0.05, 0) is 54.1 Å². The summed E-state index contributed by atoms with van der Waals surface area (Å²) in [5, 5.41) is 11.0. The Kier molecular flexibility index (Phi) is 5.58. The lowest BCUT2D eigenvalue weighted by atomic mass is 9.99. The summed E-state index contributed by atoms with van der Waals surface area (Å²) in [4.78, 5) is 12.7. The van der Waals surface area contributed by atoms with Gasteiger partial charge < -0.3 is 10.8 Å². The van der Waals surface area contributed by atoms with Crippen LogP contribution in [0.25, 0.3) is 11.1 Å². The maximum Gasteiger partial charge on any atom is 0.416 e. The van der Waals surface area contributed by atoms with Crippen molar-refractivity contribution in [2.24, 2.45) is 5.73 Å². The van der Waals surface area contributed by atoms with Crippen LogP contribution in [0.3, 0.4) is 0 Å². The minimum Gasteiger partial charge on any atom is -0.506 e. The van der Waals surface area contributed by atoms with Crippen molar-refractivity contribution in [3.05, 3.63) is 76.8 Å². The number of hydrogen-bond acceptors (Lipinski definition) is 3. The number of primary amides is 1. The monoisotopic (exact) mass is 423 g/mol. The zero-order chi connectivity index (χ0) is 20.5. The molecule has 0 bridgehead atoms. The molecule has 0 aliphatic carbocycles. The minimum absolute atomic E-state index is 0.0823. The molecule has 3 nitrogen and oxygen atoms in total. The van der Waals surface area contributed by atoms with Crippen molar-refractivity contribution in [2.75, 3.05) is 0 Å². The van der Waals surface area contributed by atoms with E-state index in [0.717, 1.165) is 17.0 Å². The predicted octanol–water partition coefficient (Wildman–Crippen LogP) is 5.98. The van der Waals surface area contributed by atoms with Gasteiger partial charge in [0.25, 0.3) is 5.91 Å². The zero-order valence-corrected chi connectivity index (χ0v) is 15.7. The Hall–Kier alpha value is -2.64. The fourth-order valence-corrected chi connectivity index (χ4v) is 3.66. The summed E-state index contributed by atoms with van der Waals surface area (Å²) < 4.78 is 39.7. The highest BCUT2D eigenvalue weighted by Crippen LogP contribution is 2.43. The average molecular weight is 424 g/mol. The number of hydrogen-bond donors (Lipinski definition) is 2. The Balaban J connectivity index is 2.18. The number of aromatic hydroxyl groups is 1. The number of alkyl halides is 3. The van der Waals surface area contributed by atoms with E-state index in [9.17, 15) is 23.1 Å². The van der Waals surface area contributed by atoms with Crippen LogP contribution in [-0.2, 0) is 6.18 Å². The summed E-state index contributed by atoms with van der Waals surface area (Å²) in [6, 6.07) is 14.2. The molecule has 1 amide bonds. The lowest BCUT2D eigenvalue weighted by Crippen LogP contribution is -2.11. The van der Waals surface area contributed by atoms with Crippen molar-refractivity contribution in [3.8, 4) is 16.9 Å². The molecule has 0 spiro atoms. The van der Waals surface area contributed by atoms with Crippen LogP contribution in [0.5, 0.6) is 5.75 Å². The maximum absolute atomic E-state index is 13.2. The molecule has 0 saturated heterocycles. The third-order valence-electron chi connectivity index (χ3n) is 3.94. The molecule has 0 aliphatic heterocycles. The normalized spacial score (nSPS) is 11.4. The molecule has 8 heteroatoms. The van der Waals surface area contributed by atoms with Crippen LogP contribution in [0.1, 0.15) is 15.9 Å². The van der Waals surface area contributed by atoms with Gasteiger partial charge in [0.05, 0.1) is 11.1 Å². The Morgan fingerprint density at radius 2 is 1.68 bits per heavy atom. The van der Waals surface area contributed by atoms with Gasteiger partial charge in [-0.15, -0.1) is 0 Å². The highest BCUT2D eigenvalue weighted by Gasteiger charge is 2.31. The molecule has 0 heterocycles. The van der Waals surface area contributed by atoms with Crippen molar-refractivity contribution in [3.63, 3.8) is 0 Å². The topological polar surface area (TPSA) is 63.3 Å². The molecule has 3 rings (SSSR count). The fourth-order valence-electron chi connectivity index (χ4n) is 2.60. The number of benzene rings is 3. The van der Waals surface area contributed by atoms with Crippen LogP contribution >= 0.6 is 23.4 Å². The molecule has 3 aromatic carbocycles. The highest BCUT2D eigenvalue weighted by molar-refractivity contribution is 7.99. The van der Waals surface area contributed by atoms with Crippen molar-refractivity contribution in [1.29, 1.82) is 0 Å². The van der Waals surface area contributed by atoms with E-state index in [2.05, 4.69) is 0 Å². The number of amides is 1. The van der Waals surface area contributed by atoms with Crippen LogP contribution < -0.4 is 5.73 Å². The minimum atomic E-state index is -4.56. The first kappa shape index (κ1) is 20.1. The summed E-state index contributed by atoms with van der Waals surface area (Å²) in [5.41, 5.74) is 4.42. The molecule has 0 atom stereocenters. The van der Waals surface area contributed by atoms with E-state index in [4.69, 9.17) is 17.3 Å². The van der Waals surface area contributed by atoms with Crippen molar-refractivity contribution in [2.45, 2.75) is 16.0 Å². The third-order valence-corrected chi connectivity index (χ3v) is 5.28. The molecule has 0 aromatic heterocycles. The maximum atomic E-state index is 13.2. The Morgan fingerprint density at radius 1 is 1.00 bits per heavy atom. The highest BCUT2D eigenvalue weighted by atomic mass is 35.5. The predicted molar refractivity (Wildman–Crippen MR) is 103 cm³/mol. The van der Waals surface area contributed by atoms with Gasteiger partial charge >= 0.3 is 6.18 Å². The fraction of sp³-hybridized carbons (Fsp3) is 0.0500. The molecule has 0 fully saturated rings. The number of carbonyl (C=O) groups is 1. The van der Waals surface area contributed by atoms with Crippen molar-refractivity contribution < 1.29 is 23.1 Å². The Morgan fingerprint density at radius 3 is 2.29 bits per heavy atom. The van der Waals surface area contributed by atoms with Gasteiger partial charge in [-0.2, -0.15) is 13.2 Å². The largest absolute Gasteiger partial charge is 0.506 e. The number of rotatable bonds is 4. The van der Waals surface area contributed by atoms with Crippen LogP contribution in [0.15, 0.2) is 70.5 Å². The lowest BCUT2D eigenvalue weighted by Gasteiger charge is -2.15. The van der Waals surface area contributed by atoms with Gasteiger partial charge in [0, 0.05) is 20.4 Å². The van der Waals surface area contributed by atoms with Crippen LogP contribution in [0.2, 0.25) is 5.02 Å². The molecule has 144 valence electrons. The molecule has 3 N–H and O–H groups in total. The van der Waals surface area contributed by atoms with Crippen LogP contribution in [-0.4, -0.2) is 11.0 Å². The summed E-state index contributed by atoms with van der Waals surface area (Å²) in [6.45, 7) is 0. The molecule has 0 unspecified atom stereocenters. The van der Waals surface area contributed by atoms with E-state index >= 15 is 0 Å². The number of para-hydroxylation sites is 1. The van der Waals surface area contributed by atoms with Crippen LogP contribution in [0, 0.1) is 0 Å². The van der Waals surface area contributed by atoms with Gasteiger partial charge in [0.1, 0.15) is 5.75 Å². The molecule has 0 saturated carbocycles. The number of phenols is 1. The van der Waals surface area contributed by atoms with E-state index in [1.54, 1.807) is 24.3 Å². The first-order valence-electron chi connectivity index (χ1n) is 7.93. The summed E-state index contributed by atoms with van der Waals surface area (Å²) >= 11 is 7.08. The van der Waals surface area contributed by atoms with E-state index in [0.29, 0.717) is 9.92 Å². The van der Waals surface area contributed by atoms with Crippen molar-refractivity contribution in [1.82, 2.24) is 0 Å². The molecular formula is C20H13ClF3NO2S. The van der Waals surface area contributed by atoms with Gasteiger partial charge in [-0.3, -0.25) is 4.79 Å². The number of halogens is 4. The molecule has 0 radical (unpaired) electrons. The second kappa shape index (κ2) is 7.77. The van der Waals surface area contributed by atoms with Gasteiger partial charge in [0.15, 0.2) is 0 Å². The van der Waals surface area contributed by atoms with Crippen LogP contribution in [0.4, 0.5) is 13.2 Å². The number of nitrogens with two attached hydrogens (primary N) is 1. The van der Waals surface area contributed by atoms with E-state index < -0.39 is 23.4 Å². The second-order valence-electron chi connectivity index (χ2n) is 5.83. The van der Waals surface area contributed by atoms with Gasteiger partial charge in [-0.25, -0.2) is 0 Å². The summed E-state index contributed by atoms with van der Waals surface area (Å²) in [6.07, 6.45) is -4.56. The quantitative estimate of drug-likeness (QED) is 0.542. The second-order valence-corrected chi connectivity index (χ2v) is 7.38. The molecule has 3 aromatic rings. The Bertz CT molecular complexity index is 1040. The van der Waals surface area contributed by atoms with Crippen molar-refractivity contribution >= 4 is 29.3 Å². The van der Waals surface area contributed by atoms with E-state index in [1.807, 2.05) is 0 Å². The summed E-state index contributed by atoms with van der Waals surface area (Å²) in [5.74, 6) is -1.34. The SMILES string of the molecule is NC(=O)c1cccc(-c2cc(C(F)(F)F)ccc2Sc2ccc(Cl)cc2)c1O. The number of carbonyl (C=O) groups excluding carboxylic acids is 1. The Labute approximate surface area is 167 Å². The smallest absolute Gasteiger partial charge is 0.416 e. The first-order chi connectivity index (χ1) is 13.2. The van der Waals surface area contributed by atoms with E-state index in [-0.39, 0.29) is 16.7 Å². The van der Waals surface area contributed by atoms with Gasteiger partial charge in [-0.1, -0.05) is 35.5 Å². The lowest BCUT2D eigenvalue weighted by molar-refractivity contribution is -0.137. The van der Waals surface area contributed by atoms with Gasteiger partial charge in [0.2, 0.25) is 0 Å². The molecule has 28 heavy (non-hydrogen) atoms. The molecular weight excluding hydrogens is 411 g/mol.